The van der Waals surface area contributed by atoms with Crippen molar-refractivity contribution in [2.45, 2.75) is 0 Å². The number of fused-ring (bicyclic) bond motifs is 1. The zero-order valence-corrected chi connectivity index (χ0v) is 15.7. The van der Waals surface area contributed by atoms with Crippen LogP contribution in [0.2, 0.25) is 0 Å². The topological polar surface area (TPSA) is 106 Å². The molecule has 1 N–H and O–H groups in total. The van der Waals surface area contributed by atoms with E-state index in [-0.39, 0.29) is 28.5 Å². The minimum absolute atomic E-state index is 0.0303. The minimum atomic E-state index is -0.697. The van der Waals surface area contributed by atoms with Crippen molar-refractivity contribution in [3.8, 4) is 11.7 Å². The Morgan fingerprint density at radius 2 is 1.93 bits per heavy atom. The van der Waals surface area contributed by atoms with Crippen LogP contribution in [0.25, 0.3) is 21.6 Å². The molecule has 30 heavy (non-hydrogen) atoms. The number of hydrogen-bond donors (Lipinski definition) is 1. The summed E-state index contributed by atoms with van der Waals surface area (Å²) in [6, 6.07) is 11.9. The summed E-state index contributed by atoms with van der Waals surface area (Å²) in [6.07, 6.45) is 4.75. The molecule has 4 aromatic rings. The number of carbonyl (C=O) groups excluding carboxylic acids is 1. The first-order valence-electron chi connectivity index (χ1n) is 8.75. The number of rotatable bonds is 4. The lowest BCUT2D eigenvalue weighted by Gasteiger charge is -2.09. The molecule has 0 bridgehead atoms. The van der Waals surface area contributed by atoms with Crippen molar-refractivity contribution < 1.29 is 14.6 Å². The largest absolute Gasteiger partial charge is 0.505 e. The molecule has 9 nitrogen and oxygen atoms in total. The highest BCUT2D eigenvalue weighted by Gasteiger charge is 2.19. The van der Waals surface area contributed by atoms with Gasteiger partial charge < -0.3 is 9.84 Å². The number of azo groups is 1. The van der Waals surface area contributed by atoms with Gasteiger partial charge in [0, 0.05) is 24.0 Å². The lowest BCUT2D eigenvalue weighted by molar-refractivity contribution is 0.0597. The van der Waals surface area contributed by atoms with Gasteiger partial charge in [-0.05, 0) is 23.6 Å². The van der Waals surface area contributed by atoms with Gasteiger partial charge in [-0.25, -0.2) is 19.6 Å². The van der Waals surface area contributed by atoms with Crippen LogP contribution in [0.3, 0.4) is 0 Å². The molecule has 0 saturated heterocycles. The van der Waals surface area contributed by atoms with E-state index in [4.69, 9.17) is 11.3 Å². The Bertz CT molecular complexity index is 1320. The highest BCUT2D eigenvalue weighted by Crippen LogP contribution is 2.41. The molecule has 0 fully saturated rings. The summed E-state index contributed by atoms with van der Waals surface area (Å²) in [5, 5.41) is 20.3. The van der Waals surface area contributed by atoms with Crippen LogP contribution < -0.4 is 0 Å². The number of carbonyl (C=O) groups is 1. The molecule has 0 aliphatic carbocycles. The number of hydrogen-bond acceptors (Lipinski definition) is 7. The number of phenols is 1. The van der Waals surface area contributed by atoms with Gasteiger partial charge in [0.25, 0.3) is 0 Å². The summed E-state index contributed by atoms with van der Waals surface area (Å²) < 4.78 is 6.27. The molecule has 2 aromatic heterocycles. The molecular formula is C21H14N6O3. The number of esters is 1. The smallest absolute Gasteiger partial charge is 0.341 e. The standard InChI is InChI=1S/C21H14N6O3/c1-22-16-8-11-27(21-23-9-5-10-24-21)19(16)26-25-17-14-7-4-3-6-13(14)12-15(18(17)28)20(29)30-2/h3-12,28H,2H3. The van der Waals surface area contributed by atoms with Gasteiger partial charge in [-0.1, -0.05) is 24.3 Å². The molecule has 0 amide bonds. The van der Waals surface area contributed by atoms with Crippen molar-refractivity contribution in [3.05, 3.63) is 78.0 Å². The van der Waals surface area contributed by atoms with Crippen molar-refractivity contribution in [3.63, 3.8) is 0 Å². The van der Waals surface area contributed by atoms with Crippen LogP contribution in [0.5, 0.6) is 5.75 Å². The first-order valence-corrected chi connectivity index (χ1v) is 8.75. The summed E-state index contributed by atoms with van der Waals surface area (Å²) in [5.74, 6) is -0.540. The molecule has 146 valence electrons. The molecule has 0 atom stereocenters. The third-order valence-corrected chi connectivity index (χ3v) is 4.37. The third-order valence-electron chi connectivity index (χ3n) is 4.37. The fourth-order valence-corrected chi connectivity index (χ4v) is 2.96. The number of aromatic hydroxyl groups is 1. The fourth-order valence-electron chi connectivity index (χ4n) is 2.96. The highest BCUT2D eigenvalue weighted by molar-refractivity contribution is 6.04. The van der Waals surface area contributed by atoms with E-state index in [2.05, 4.69) is 25.0 Å². The average molecular weight is 398 g/mol. The van der Waals surface area contributed by atoms with Crippen LogP contribution in [0.15, 0.2) is 71.3 Å². The van der Waals surface area contributed by atoms with Crippen LogP contribution in [0.4, 0.5) is 17.2 Å². The predicted octanol–water partition coefficient (Wildman–Crippen LogP) is 4.88. The van der Waals surface area contributed by atoms with E-state index in [1.165, 1.54) is 17.7 Å². The van der Waals surface area contributed by atoms with E-state index in [0.717, 1.165) is 0 Å². The van der Waals surface area contributed by atoms with Gasteiger partial charge in [0.05, 0.1) is 13.7 Å². The average Bonchev–Trinajstić information content (AvgIpc) is 3.21. The predicted molar refractivity (Wildman–Crippen MR) is 109 cm³/mol. The Balaban J connectivity index is 1.90. The summed E-state index contributed by atoms with van der Waals surface area (Å²) in [4.78, 5) is 23.9. The summed E-state index contributed by atoms with van der Waals surface area (Å²) in [5.41, 5.74) is 0.294. The molecule has 0 unspecified atom stereocenters. The Kier molecular flexibility index (Phi) is 4.88. The van der Waals surface area contributed by atoms with E-state index in [9.17, 15) is 9.90 Å². The Hall–Kier alpha value is -4.58. The van der Waals surface area contributed by atoms with Gasteiger partial charge in [-0.3, -0.25) is 4.57 Å². The van der Waals surface area contributed by atoms with Gasteiger partial charge in [0.15, 0.2) is 11.6 Å². The van der Waals surface area contributed by atoms with Crippen molar-refractivity contribution in [1.82, 2.24) is 14.5 Å². The van der Waals surface area contributed by atoms with Crippen molar-refractivity contribution in [1.29, 1.82) is 0 Å². The Labute approximate surface area is 170 Å². The molecular weight excluding hydrogens is 384 g/mol. The van der Waals surface area contributed by atoms with E-state index in [0.29, 0.717) is 16.7 Å². The van der Waals surface area contributed by atoms with Crippen molar-refractivity contribution in [2.75, 3.05) is 7.11 Å². The molecule has 0 aliphatic heterocycles. The lowest BCUT2D eigenvalue weighted by Crippen LogP contribution is -2.01. The summed E-state index contributed by atoms with van der Waals surface area (Å²) >= 11 is 0. The number of ether oxygens (including phenoxy) is 1. The maximum atomic E-state index is 12.1. The molecule has 0 radical (unpaired) electrons. The van der Waals surface area contributed by atoms with Gasteiger partial charge >= 0.3 is 5.97 Å². The number of methoxy groups -OCH3 is 1. The van der Waals surface area contributed by atoms with Crippen molar-refractivity contribution in [2.24, 2.45) is 10.2 Å². The molecule has 2 heterocycles. The number of benzene rings is 2. The maximum Gasteiger partial charge on any atom is 0.341 e. The van der Waals surface area contributed by atoms with Gasteiger partial charge in [-0.15, -0.1) is 10.2 Å². The lowest BCUT2D eigenvalue weighted by atomic mass is 10.0. The van der Waals surface area contributed by atoms with E-state index >= 15 is 0 Å². The van der Waals surface area contributed by atoms with Crippen molar-refractivity contribution >= 4 is 33.9 Å². The molecule has 4 rings (SSSR count). The van der Waals surface area contributed by atoms with E-state index in [1.54, 1.807) is 55.0 Å². The van der Waals surface area contributed by atoms with Crippen LogP contribution in [0, 0.1) is 6.57 Å². The van der Waals surface area contributed by atoms with Crippen LogP contribution in [0.1, 0.15) is 10.4 Å². The molecule has 2 aromatic carbocycles. The third kappa shape index (κ3) is 3.22. The highest BCUT2D eigenvalue weighted by atomic mass is 16.5. The Morgan fingerprint density at radius 3 is 2.67 bits per heavy atom. The second-order valence-corrected chi connectivity index (χ2v) is 6.09. The van der Waals surface area contributed by atoms with Crippen LogP contribution in [-0.2, 0) is 4.74 Å². The normalized spacial score (nSPS) is 10.9. The van der Waals surface area contributed by atoms with Crippen LogP contribution >= 0.6 is 0 Å². The zero-order valence-electron chi connectivity index (χ0n) is 15.7. The molecule has 0 spiro atoms. The fraction of sp³-hybridized carbons (Fsp3) is 0.0476. The zero-order chi connectivity index (χ0) is 21.1. The summed E-state index contributed by atoms with van der Waals surface area (Å²) in [7, 11) is 1.23. The first-order chi connectivity index (χ1) is 14.6. The second-order valence-electron chi connectivity index (χ2n) is 6.09. The molecule has 0 saturated carbocycles. The first kappa shape index (κ1) is 18.8. The minimum Gasteiger partial charge on any atom is -0.505 e. The SMILES string of the molecule is [C-]#[N+]c1ccn(-c2ncccn2)c1N=Nc1c(O)c(C(=O)OC)cc2ccccc12. The van der Waals surface area contributed by atoms with Gasteiger partial charge in [0.2, 0.25) is 11.6 Å². The Morgan fingerprint density at radius 1 is 1.17 bits per heavy atom. The van der Waals surface area contributed by atoms with Gasteiger partial charge in [-0.2, -0.15) is 0 Å². The summed E-state index contributed by atoms with van der Waals surface area (Å²) in [6.45, 7) is 7.39. The number of phenolic OH excluding ortho intramolecular Hbond substituents is 1. The second kappa shape index (κ2) is 7.81. The van der Waals surface area contributed by atoms with Crippen LogP contribution in [-0.4, -0.2) is 32.7 Å². The molecule has 0 aliphatic rings. The van der Waals surface area contributed by atoms with Gasteiger partial charge in [0.1, 0.15) is 11.3 Å². The molecule has 9 heteroatoms. The van der Waals surface area contributed by atoms with E-state index in [1.807, 2.05) is 0 Å². The quantitative estimate of drug-likeness (QED) is 0.300. The van der Waals surface area contributed by atoms with E-state index < -0.39 is 5.97 Å². The number of nitrogens with zero attached hydrogens (tertiary/aromatic N) is 6. The monoisotopic (exact) mass is 398 g/mol. The number of aromatic nitrogens is 3. The maximum absolute atomic E-state index is 12.1.